The van der Waals surface area contributed by atoms with E-state index < -0.39 is 5.41 Å². The third-order valence-corrected chi connectivity index (χ3v) is 7.52. The van der Waals surface area contributed by atoms with E-state index in [1.165, 1.54) is 6.92 Å². The van der Waals surface area contributed by atoms with Crippen LogP contribution in [-0.4, -0.2) is 17.8 Å². The molecule has 0 spiro atoms. The zero-order valence-corrected chi connectivity index (χ0v) is 24.2. The van der Waals surface area contributed by atoms with E-state index in [1.54, 1.807) is 36.4 Å². The number of hydrogen-bond acceptors (Lipinski definition) is 7. The normalized spacial score (nSPS) is 14.4. The Labute approximate surface area is 252 Å². The zero-order chi connectivity index (χ0) is 29.9. The number of carbonyl (C=O) groups is 2. The molecule has 0 atom stereocenters. The van der Waals surface area contributed by atoms with Crippen LogP contribution in [0.2, 0.25) is 0 Å². The summed E-state index contributed by atoms with van der Waals surface area (Å²) in [6.45, 7) is 1.99. The van der Waals surface area contributed by atoms with E-state index in [9.17, 15) is 9.59 Å². The molecule has 0 heterocycles. The van der Waals surface area contributed by atoms with Crippen LogP contribution in [0.15, 0.2) is 114 Å². The zero-order valence-electron chi connectivity index (χ0n) is 24.2. The second-order valence-electron chi connectivity index (χ2n) is 10.6. The third kappa shape index (κ3) is 7.89. The summed E-state index contributed by atoms with van der Waals surface area (Å²) in [5.74, 6) is 0.535. The Morgan fingerprint density at radius 2 is 1.23 bits per heavy atom. The summed E-state index contributed by atoms with van der Waals surface area (Å²) in [6, 6.07) is 33.9. The number of hydrogen-bond donors (Lipinski definition) is 0. The molecule has 0 saturated heterocycles. The Bertz CT molecular complexity index is 1510. The second kappa shape index (κ2) is 14.3. The molecule has 0 amide bonds. The molecule has 0 aromatic heterocycles. The minimum absolute atomic E-state index is 0.291. The van der Waals surface area contributed by atoms with Gasteiger partial charge in [-0.15, -0.1) is 0 Å². The number of benzene rings is 4. The van der Waals surface area contributed by atoms with E-state index in [0.29, 0.717) is 49.0 Å². The van der Waals surface area contributed by atoms with Crippen molar-refractivity contribution in [1.82, 2.24) is 0 Å². The van der Waals surface area contributed by atoms with Crippen molar-refractivity contribution in [3.63, 3.8) is 0 Å². The van der Waals surface area contributed by atoms with Gasteiger partial charge in [-0.25, -0.2) is 0 Å². The lowest BCUT2D eigenvalue weighted by Crippen LogP contribution is -2.41. The molecular formula is C36H35NO6. The Balaban J connectivity index is 1.31. The fourth-order valence-corrected chi connectivity index (χ4v) is 5.27. The van der Waals surface area contributed by atoms with E-state index in [2.05, 4.69) is 5.16 Å². The van der Waals surface area contributed by atoms with Gasteiger partial charge in [-0.1, -0.05) is 92.1 Å². The second-order valence-corrected chi connectivity index (χ2v) is 10.6. The minimum atomic E-state index is -0.762. The number of ether oxygens (including phenoxy) is 3. The van der Waals surface area contributed by atoms with E-state index >= 15 is 0 Å². The standard InChI is InChI=1S/C36H35NO6/c1-27(38)42-32-21-17-31(18-22-32)36(23-9-4-10-24-36)35(39)43-33-19-15-30(16-20-33)34(40-25-28-11-5-2-6-12-28)37-41-26-29-13-7-3-8-14-29/h2-3,5-8,11-22H,4,9-10,23-26H2,1H3. The first kappa shape index (κ1) is 29.6. The highest BCUT2D eigenvalue weighted by molar-refractivity contribution is 5.94. The van der Waals surface area contributed by atoms with Gasteiger partial charge in [-0.3, -0.25) is 9.59 Å². The van der Waals surface area contributed by atoms with E-state index in [4.69, 9.17) is 19.0 Å². The summed E-state index contributed by atoms with van der Waals surface area (Å²) in [4.78, 5) is 30.7. The monoisotopic (exact) mass is 577 g/mol. The molecule has 4 aromatic carbocycles. The maximum Gasteiger partial charge on any atom is 0.321 e. The maximum absolute atomic E-state index is 13.7. The van der Waals surface area contributed by atoms with Crippen LogP contribution >= 0.6 is 0 Å². The molecule has 1 aliphatic rings. The van der Waals surface area contributed by atoms with Crippen molar-refractivity contribution < 1.29 is 28.6 Å². The fraction of sp³-hybridized carbons (Fsp3) is 0.250. The van der Waals surface area contributed by atoms with Crippen molar-refractivity contribution >= 4 is 17.8 Å². The topological polar surface area (TPSA) is 83.4 Å². The Kier molecular flexibility index (Phi) is 9.85. The average Bonchev–Trinajstić information content (AvgIpc) is 3.04. The predicted molar refractivity (Wildman–Crippen MR) is 164 cm³/mol. The first-order valence-corrected chi connectivity index (χ1v) is 14.5. The predicted octanol–water partition coefficient (Wildman–Crippen LogP) is 7.51. The van der Waals surface area contributed by atoms with Crippen LogP contribution in [0.4, 0.5) is 0 Å². The molecule has 7 heteroatoms. The van der Waals surface area contributed by atoms with Crippen molar-refractivity contribution in [2.24, 2.45) is 5.16 Å². The quantitative estimate of drug-likeness (QED) is 0.0638. The molecule has 4 aromatic rings. The van der Waals surface area contributed by atoms with Crippen molar-refractivity contribution in [1.29, 1.82) is 0 Å². The molecular weight excluding hydrogens is 542 g/mol. The maximum atomic E-state index is 13.7. The third-order valence-electron chi connectivity index (χ3n) is 7.52. The van der Waals surface area contributed by atoms with Gasteiger partial charge in [-0.05, 0) is 71.1 Å². The van der Waals surface area contributed by atoms with Crippen LogP contribution in [0.5, 0.6) is 11.5 Å². The molecule has 1 aliphatic carbocycles. The number of rotatable bonds is 10. The molecule has 1 fully saturated rings. The Morgan fingerprint density at radius 3 is 1.84 bits per heavy atom. The number of oxime groups is 1. The van der Waals surface area contributed by atoms with Gasteiger partial charge in [0.15, 0.2) is 0 Å². The molecule has 0 unspecified atom stereocenters. The molecule has 0 N–H and O–H groups in total. The highest BCUT2D eigenvalue weighted by Crippen LogP contribution is 2.41. The molecule has 0 aliphatic heterocycles. The van der Waals surface area contributed by atoms with Gasteiger partial charge in [0, 0.05) is 12.5 Å². The van der Waals surface area contributed by atoms with Gasteiger partial charge in [0.05, 0.1) is 5.41 Å². The van der Waals surface area contributed by atoms with Gasteiger partial charge in [0.25, 0.3) is 5.90 Å². The van der Waals surface area contributed by atoms with Crippen molar-refractivity contribution in [3.05, 3.63) is 131 Å². The first-order chi connectivity index (χ1) is 21.0. The van der Waals surface area contributed by atoms with Crippen LogP contribution < -0.4 is 9.47 Å². The van der Waals surface area contributed by atoms with Crippen LogP contribution in [0, 0.1) is 0 Å². The first-order valence-electron chi connectivity index (χ1n) is 14.5. The largest absolute Gasteiger partial charge is 0.470 e. The number of nitrogens with zero attached hydrogens (tertiary/aromatic N) is 1. The van der Waals surface area contributed by atoms with Gasteiger partial charge in [0.2, 0.25) is 0 Å². The van der Waals surface area contributed by atoms with Gasteiger partial charge in [-0.2, -0.15) is 0 Å². The molecule has 0 radical (unpaired) electrons. The highest BCUT2D eigenvalue weighted by atomic mass is 16.6. The van der Waals surface area contributed by atoms with Crippen molar-refractivity contribution in [2.45, 2.75) is 57.7 Å². The van der Waals surface area contributed by atoms with Crippen LogP contribution in [0.1, 0.15) is 61.3 Å². The van der Waals surface area contributed by atoms with E-state index in [-0.39, 0.29) is 11.9 Å². The van der Waals surface area contributed by atoms with E-state index in [0.717, 1.165) is 36.0 Å². The fourth-order valence-electron chi connectivity index (χ4n) is 5.27. The molecule has 7 nitrogen and oxygen atoms in total. The molecule has 1 saturated carbocycles. The summed E-state index contributed by atoms with van der Waals surface area (Å²) in [7, 11) is 0. The molecule has 43 heavy (non-hydrogen) atoms. The lowest BCUT2D eigenvalue weighted by molar-refractivity contribution is -0.142. The molecule has 0 bridgehead atoms. The Morgan fingerprint density at radius 1 is 0.674 bits per heavy atom. The van der Waals surface area contributed by atoms with Gasteiger partial charge < -0.3 is 19.0 Å². The Hall–Kier alpha value is -4.91. The molecule has 220 valence electrons. The lowest BCUT2D eigenvalue weighted by atomic mass is 9.69. The number of carbonyl (C=O) groups excluding carboxylic acids is 2. The van der Waals surface area contributed by atoms with Crippen LogP contribution in [0.3, 0.4) is 0 Å². The SMILES string of the molecule is CC(=O)Oc1ccc(C2(C(=O)Oc3ccc(C(=NOCc4ccccc4)OCc4ccccc4)cc3)CCCCC2)cc1. The summed E-state index contributed by atoms with van der Waals surface area (Å²) >= 11 is 0. The van der Waals surface area contributed by atoms with Crippen LogP contribution in [-0.2, 0) is 37.8 Å². The van der Waals surface area contributed by atoms with Gasteiger partial charge >= 0.3 is 11.9 Å². The summed E-state index contributed by atoms with van der Waals surface area (Å²) < 4.78 is 17.2. The number of esters is 2. The minimum Gasteiger partial charge on any atom is -0.470 e. The average molecular weight is 578 g/mol. The smallest absolute Gasteiger partial charge is 0.321 e. The summed E-state index contributed by atoms with van der Waals surface area (Å²) in [5.41, 5.74) is 2.79. The lowest BCUT2D eigenvalue weighted by Gasteiger charge is -2.35. The van der Waals surface area contributed by atoms with Gasteiger partial charge in [0.1, 0.15) is 24.7 Å². The summed E-state index contributed by atoms with van der Waals surface area (Å²) in [6.07, 6.45) is 4.33. The summed E-state index contributed by atoms with van der Waals surface area (Å²) in [5, 5.41) is 4.30. The highest BCUT2D eigenvalue weighted by Gasteiger charge is 2.43. The van der Waals surface area contributed by atoms with Crippen LogP contribution in [0.25, 0.3) is 0 Å². The molecule has 5 rings (SSSR count). The van der Waals surface area contributed by atoms with E-state index in [1.807, 2.05) is 72.8 Å². The van der Waals surface area contributed by atoms with Crippen molar-refractivity contribution in [2.75, 3.05) is 0 Å². The van der Waals surface area contributed by atoms with Crippen molar-refractivity contribution in [3.8, 4) is 11.5 Å².